The third-order valence-corrected chi connectivity index (χ3v) is 4.40. The average molecular weight is 300 g/mol. The van der Waals surface area contributed by atoms with E-state index in [9.17, 15) is 13.2 Å². The first-order valence-corrected chi connectivity index (χ1v) is 7.32. The highest BCUT2D eigenvalue weighted by molar-refractivity contribution is 5.69. The van der Waals surface area contributed by atoms with Crippen molar-refractivity contribution in [2.75, 3.05) is 23.8 Å². The first kappa shape index (κ1) is 14.5. The topological polar surface area (TPSA) is 38.5 Å². The highest BCUT2D eigenvalue weighted by Crippen LogP contribution is 2.37. The van der Waals surface area contributed by atoms with Crippen LogP contribution >= 0.6 is 0 Å². The molecular formula is C15H19F3N2O. The zero-order valence-electron chi connectivity index (χ0n) is 11.7. The highest BCUT2D eigenvalue weighted by Gasteiger charge is 2.36. The van der Waals surface area contributed by atoms with Crippen LogP contribution in [0.15, 0.2) is 18.2 Å². The second kappa shape index (κ2) is 5.40. The van der Waals surface area contributed by atoms with Crippen LogP contribution in [0.5, 0.6) is 0 Å². The number of hydrogen-bond donors (Lipinski definition) is 1. The van der Waals surface area contributed by atoms with Crippen molar-refractivity contribution in [1.82, 2.24) is 0 Å². The van der Waals surface area contributed by atoms with Crippen molar-refractivity contribution in [2.45, 2.75) is 44.0 Å². The largest absolute Gasteiger partial charge is 0.416 e. The van der Waals surface area contributed by atoms with Crippen molar-refractivity contribution < 1.29 is 17.9 Å². The fourth-order valence-electron chi connectivity index (χ4n) is 3.39. The summed E-state index contributed by atoms with van der Waals surface area (Å²) in [5.74, 6) is 0. The molecule has 21 heavy (non-hydrogen) atoms. The lowest BCUT2D eigenvalue weighted by Crippen LogP contribution is -2.53. The molecule has 0 bridgehead atoms. The summed E-state index contributed by atoms with van der Waals surface area (Å²) in [5.41, 5.74) is 6.08. The summed E-state index contributed by atoms with van der Waals surface area (Å²) in [6.07, 6.45) is 0.117. The van der Waals surface area contributed by atoms with Crippen LogP contribution in [0, 0.1) is 0 Å². The number of halogens is 3. The van der Waals surface area contributed by atoms with Crippen molar-refractivity contribution in [2.24, 2.45) is 0 Å². The van der Waals surface area contributed by atoms with E-state index in [2.05, 4.69) is 4.90 Å². The molecule has 1 aromatic rings. The summed E-state index contributed by atoms with van der Waals surface area (Å²) >= 11 is 0. The van der Waals surface area contributed by atoms with E-state index in [-0.39, 0.29) is 17.8 Å². The highest BCUT2D eigenvalue weighted by atomic mass is 19.4. The zero-order chi connectivity index (χ0) is 15.0. The van der Waals surface area contributed by atoms with Crippen LogP contribution in [0.2, 0.25) is 0 Å². The zero-order valence-corrected chi connectivity index (χ0v) is 11.7. The number of nitrogens with two attached hydrogens (primary N) is 1. The van der Waals surface area contributed by atoms with Crippen molar-refractivity contribution in [1.29, 1.82) is 0 Å². The minimum absolute atomic E-state index is 0.175. The van der Waals surface area contributed by atoms with Crippen LogP contribution < -0.4 is 10.6 Å². The average Bonchev–Trinajstić information content (AvgIpc) is 2.46. The molecule has 1 saturated heterocycles. The van der Waals surface area contributed by atoms with E-state index in [4.69, 9.17) is 10.5 Å². The Morgan fingerprint density at radius 2 is 1.95 bits per heavy atom. The van der Waals surface area contributed by atoms with Crippen molar-refractivity contribution in [3.8, 4) is 0 Å². The molecule has 2 aliphatic rings. The molecule has 3 nitrogen and oxygen atoms in total. The molecule has 1 aliphatic heterocycles. The Hall–Kier alpha value is -1.43. The predicted molar refractivity (Wildman–Crippen MR) is 75.2 cm³/mol. The summed E-state index contributed by atoms with van der Waals surface area (Å²) in [5, 5.41) is 0. The van der Waals surface area contributed by atoms with Crippen molar-refractivity contribution in [3.05, 3.63) is 23.8 Å². The van der Waals surface area contributed by atoms with Gasteiger partial charge in [0.1, 0.15) is 0 Å². The number of nitrogens with zero attached hydrogens (tertiary/aromatic N) is 1. The summed E-state index contributed by atoms with van der Waals surface area (Å²) < 4.78 is 44.0. The van der Waals surface area contributed by atoms with Gasteiger partial charge in [-0.05, 0) is 31.0 Å². The molecule has 0 radical (unpaired) electrons. The molecule has 0 aromatic heterocycles. The van der Waals surface area contributed by atoms with E-state index in [1.54, 1.807) is 0 Å². The maximum absolute atomic E-state index is 12.7. The molecule has 3 rings (SSSR count). The van der Waals surface area contributed by atoms with Gasteiger partial charge in [-0.3, -0.25) is 0 Å². The molecule has 2 fully saturated rings. The normalized spacial score (nSPS) is 26.5. The Morgan fingerprint density at radius 1 is 1.19 bits per heavy atom. The lowest BCUT2D eigenvalue weighted by atomic mass is 9.89. The maximum atomic E-state index is 12.7. The molecule has 1 heterocycles. The lowest BCUT2D eigenvalue weighted by molar-refractivity contribution is -0.137. The first-order chi connectivity index (χ1) is 9.97. The molecule has 1 saturated carbocycles. The van der Waals surface area contributed by atoms with E-state index in [0.29, 0.717) is 18.8 Å². The van der Waals surface area contributed by atoms with E-state index in [1.807, 2.05) is 0 Å². The van der Waals surface area contributed by atoms with E-state index >= 15 is 0 Å². The minimum Gasteiger partial charge on any atom is -0.397 e. The van der Waals surface area contributed by atoms with Gasteiger partial charge < -0.3 is 15.4 Å². The number of alkyl halides is 3. The van der Waals surface area contributed by atoms with Crippen LogP contribution in [0.25, 0.3) is 0 Å². The summed E-state index contributed by atoms with van der Waals surface area (Å²) in [4.78, 5) is 2.13. The van der Waals surface area contributed by atoms with Crippen LogP contribution in [0.1, 0.15) is 31.2 Å². The van der Waals surface area contributed by atoms with Gasteiger partial charge in [0, 0.05) is 6.54 Å². The maximum Gasteiger partial charge on any atom is 0.416 e. The summed E-state index contributed by atoms with van der Waals surface area (Å²) in [6, 6.07) is 3.86. The Morgan fingerprint density at radius 3 is 2.67 bits per heavy atom. The minimum atomic E-state index is -4.36. The van der Waals surface area contributed by atoms with Crippen molar-refractivity contribution in [3.63, 3.8) is 0 Å². The number of nitrogen functional groups attached to an aromatic ring is 1. The van der Waals surface area contributed by atoms with Gasteiger partial charge >= 0.3 is 6.18 Å². The SMILES string of the molecule is Nc1cc(C(F)(F)F)ccc1N1CCOC2CCCCC21. The van der Waals surface area contributed by atoms with Crippen LogP contribution in [0.3, 0.4) is 0 Å². The third-order valence-electron chi connectivity index (χ3n) is 4.40. The number of anilines is 2. The smallest absolute Gasteiger partial charge is 0.397 e. The van der Waals surface area contributed by atoms with Crippen molar-refractivity contribution >= 4 is 11.4 Å². The van der Waals surface area contributed by atoms with Gasteiger partial charge in [-0.15, -0.1) is 0 Å². The van der Waals surface area contributed by atoms with Crippen LogP contribution in [0.4, 0.5) is 24.5 Å². The molecule has 2 atom stereocenters. The molecule has 0 spiro atoms. The van der Waals surface area contributed by atoms with Crippen LogP contribution in [-0.2, 0) is 10.9 Å². The monoisotopic (exact) mass is 300 g/mol. The van der Waals surface area contributed by atoms with Gasteiger partial charge in [-0.1, -0.05) is 12.8 Å². The van der Waals surface area contributed by atoms with Gasteiger partial charge in [-0.2, -0.15) is 13.2 Å². The molecule has 1 aliphatic carbocycles. The van der Waals surface area contributed by atoms with Crippen LogP contribution in [-0.4, -0.2) is 25.3 Å². The van der Waals surface area contributed by atoms with Gasteiger partial charge in [0.05, 0.1) is 35.7 Å². The molecule has 1 aromatic carbocycles. The number of ether oxygens (including phenoxy) is 1. The fourth-order valence-corrected chi connectivity index (χ4v) is 3.39. The molecular weight excluding hydrogens is 281 g/mol. The van der Waals surface area contributed by atoms with Gasteiger partial charge in [0.15, 0.2) is 0 Å². The fraction of sp³-hybridized carbons (Fsp3) is 0.600. The molecule has 0 amide bonds. The number of morpholine rings is 1. The third kappa shape index (κ3) is 2.81. The Kier molecular flexibility index (Phi) is 3.73. The Balaban J connectivity index is 1.88. The number of benzene rings is 1. The molecule has 6 heteroatoms. The quantitative estimate of drug-likeness (QED) is 0.808. The molecule has 2 N–H and O–H groups in total. The second-order valence-corrected chi connectivity index (χ2v) is 5.73. The first-order valence-electron chi connectivity index (χ1n) is 7.32. The Bertz CT molecular complexity index is 516. The van der Waals surface area contributed by atoms with Gasteiger partial charge in [0.25, 0.3) is 0 Å². The number of hydrogen-bond acceptors (Lipinski definition) is 3. The lowest BCUT2D eigenvalue weighted by Gasteiger charge is -2.45. The van der Waals surface area contributed by atoms with E-state index in [1.165, 1.54) is 6.07 Å². The Labute approximate surface area is 121 Å². The molecule has 2 unspecified atom stereocenters. The van der Waals surface area contributed by atoms with Gasteiger partial charge in [0.2, 0.25) is 0 Å². The summed E-state index contributed by atoms with van der Waals surface area (Å²) in [7, 11) is 0. The standard InChI is InChI=1S/C15H19F3N2O/c16-15(17,18)10-5-6-12(11(19)9-10)20-7-8-21-14-4-2-1-3-13(14)20/h5-6,9,13-14H,1-4,7-8,19H2. The predicted octanol–water partition coefficient (Wildman–Crippen LogP) is 3.44. The van der Waals surface area contributed by atoms with E-state index in [0.717, 1.165) is 37.8 Å². The second-order valence-electron chi connectivity index (χ2n) is 5.73. The molecule has 116 valence electrons. The van der Waals surface area contributed by atoms with E-state index < -0.39 is 11.7 Å². The number of rotatable bonds is 1. The van der Waals surface area contributed by atoms with Gasteiger partial charge in [-0.25, -0.2) is 0 Å². The summed E-state index contributed by atoms with van der Waals surface area (Å²) in [6.45, 7) is 1.28. The number of fused-ring (bicyclic) bond motifs is 1.